The summed E-state index contributed by atoms with van der Waals surface area (Å²) in [6.45, 7) is 1.98. The molecule has 0 aliphatic carbocycles. The molecule has 6 heteroatoms. The maximum absolute atomic E-state index is 9.78. The number of aliphatic hydroxyl groups is 1. The Morgan fingerprint density at radius 3 is 2.43 bits per heavy atom. The summed E-state index contributed by atoms with van der Waals surface area (Å²) in [5.74, 6) is 2.45. The fourth-order valence-electron chi connectivity index (χ4n) is 4.88. The van der Waals surface area contributed by atoms with Gasteiger partial charge in [-0.2, -0.15) is 0 Å². The normalized spacial score (nSPS) is 22.2. The number of benzene rings is 2. The molecule has 1 N–H and O–H groups in total. The maximum Gasteiger partial charge on any atom is 0.169 e. The van der Waals surface area contributed by atoms with E-state index in [-0.39, 0.29) is 23.6 Å². The number of rotatable bonds is 4. The third-order valence-corrected chi connectivity index (χ3v) is 6.39. The van der Waals surface area contributed by atoms with Crippen molar-refractivity contribution in [3.63, 3.8) is 0 Å². The lowest BCUT2D eigenvalue weighted by molar-refractivity contribution is -0.956. The van der Waals surface area contributed by atoms with Crippen molar-refractivity contribution in [2.75, 3.05) is 34.9 Å². The first-order valence-electron chi connectivity index (χ1n) is 9.42. The van der Waals surface area contributed by atoms with Gasteiger partial charge in [-0.25, -0.2) is 0 Å². The van der Waals surface area contributed by atoms with Gasteiger partial charge in [0.2, 0.25) is 0 Å². The Balaban J connectivity index is 0.00000225. The Hall–Kier alpha value is -1.76. The first-order valence-corrected chi connectivity index (χ1v) is 9.42. The van der Waals surface area contributed by atoms with E-state index in [9.17, 15) is 5.11 Å². The van der Waals surface area contributed by atoms with Crippen LogP contribution in [0.15, 0.2) is 24.3 Å². The Labute approximate surface area is 177 Å². The molecule has 2 aromatic rings. The smallest absolute Gasteiger partial charge is 0.169 e. The standard InChI is InChI=1S/C22H28NO4.BrH/c1-23-8-7-15-11-21(26-3)16(13-24)9-17(15)19(23)10-14-5-6-20(25-2)22(27-4)18(14)12-23;/h5-6,9,11,19,24H,7-8,10,12-13H2,1-4H3;1H/q+1;/p-1. The predicted octanol–water partition coefficient (Wildman–Crippen LogP) is 0.00880. The number of hydrogen-bond donors (Lipinski definition) is 1. The van der Waals surface area contributed by atoms with Crippen LogP contribution < -0.4 is 31.2 Å². The molecule has 2 atom stereocenters. The van der Waals surface area contributed by atoms with Crippen molar-refractivity contribution in [3.8, 4) is 17.2 Å². The fourth-order valence-corrected chi connectivity index (χ4v) is 4.88. The topological polar surface area (TPSA) is 47.9 Å². The molecule has 2 unspecified atom stereocenters. The number of methoxy groups -OCH3 is 3. The number of fused-ring (bicyclic) bond motifs is 4. The van der Waals surface area contributed by atoms with Gasteiger partial charge in [0.05, 0.1) is 47.1 Å². The van der Waals surface area contributed by atoms with E-state index in [1.807, 2.05) is 6.07 Å². The minimum atomic E-state index is -0.00546. The third-order valence-electron chi connectivity index (χ3n) is 6.39. The van der Waals surface area contributed by atoms with E-state index in [4.69, 9.17) is 14.2 Å². The SMILES string of the molecule is COc1cc2c(cc1CO)C1Cc3ccc(OC)c(OC)c3C[N+]1(C)CC2.[Br-]. The van der Waals surface area contributed by atoms with Crippen LogP contribution in [0.5, 0.6) is 17.2 Å². The fraction of sp³-hybridized carbons (Fsp3) is 0.455. The molecule has 5 nitrogen and oxygen atoms in total. The van der Waals surface area contributed by atoms with Crippen molar-refractivity contribution in [1.29, 1.82) is 0 Å². The molecule has 0 saturated heterocycles. The minimum absolute atomic E-state index is 0. The minimum Gasteiger partial charge on any atom is -1.00 e. The number of aliphatic hydroxyl groups excluding tert-OH is 1. The van der Waals surface area contributed by atoms with E-state index in [1.54, 1.807) is 21.3 Å². The van der Waals surface area contributed by atoms with Crippen LogP contribution in [0.1, 0.15) is 33.9 Å². The average Bonchev–Trinajstić information content (AvgIpc) is 2.70. The Morgan fingerprint density at radius 1 is 1.04 bits per heavy atom. The van der Waals surface area contributed by atoms with Crippen molar-refractivity contribution >= 4 is 0 Å². The second kappa shape index (κ2) is 7.93. The molecule has 0 spiro atoms. The highest BCUT2D eigenvalue weighted by molar-refractivity contribution is 5.52. The second-order valence-corrected chi connectivity index (χ2v) is 7.79. The van der Waals surface area contributed by atoms with E-state index >= 15 is 0 Å². The average molecular weight is 450 g/mol. The summed E-state index contributed by atoms with van der Waals surface area (Å²) < 4.78 is 17.6. The van der Waals surface area contributed by atoms with Gasteiger partial charge in [-0.3, -0.25) is 0 Å². The lowest BCUT2D eigenvalue weighted by atomic mass is 9.81. The van der Waals surface area contributed by atoms with E-state index in [0.717, 1.165) is 53.2 Å². The zero-order valence-corrected chi connectivity index (χ0v) is 18.5. The lowest BCUT2D eigenvalue weighted by Gasteiger charge is -2.49. The molecular weight excluding hydrogens is 422 g/mol. The van der Waals surface area contributed by atoms with Gasteiger partial charge in [-0.05, 0) is 29.3 Å². The van der Waals surface area contributed by atoms with Gasteiger partial charge < -0.3 is 40.8 Å². The Morgan fingerprint density at radius 2 is 1.79 bits per heavy atom. The van der Waals surface area contributed by atoms with Gasteiger partial charge in [0.15, 0.2) is 11.5 Å². The number of nitrogens with zero attached hydrogens (tertiary/aromatic N) is 1. The first kappa shape index (κ1) is 21.0. The Bertz CT molecular complexity index is 885. The molecule has 0 amide bonds. The van der Waals surface area contributed by atoms with Crippen molar-refractivity contribution in [2.45, 2.75) is 32.0 Å². The summed E-state index contributed by atoms with van der Waals surface area (Å²) in [5.41, 5.74) is 6.13. The summed E-state index contributed by atoms with van der Waals surface area (Å²) in [7, 11) is 7.40. The Kier molecular flexibility index (Phi) is 5.94. The summed E-state index contributed by atoms with van der Waals surface area (Å²) >= 11 is 0. The number of quaternary nitrogens is 1. The number of ether oxygens (including phenoxy) is 3. The molecule has 152 valence electrons. The van der Waals surface area contributed by atoms with Crippen molar-refractivity contribution < 1.29 is 40.8 Å². The van der Waals surface area contributed by atoms with E-state index in [0.29, 0.717) is 6.04 Å². The van der Waals surface area contributed by atoms with Gasteiger partial charge in [-0.15, -0.1) is 0 Å². The van der Waals surface area contributed by atoms with Crippen LogP contribution >= 0.6 is 0 Å². The second-order valence-electron chi connectivity index (χ2n) is 7.79. The highest BCUT2D eigenvalue weighted by atomic mass is 79.9. The molecule has 0 fully saturated rings. The predicted molar refractivity (Wildman–Crippen MR) is 103 cm³/mol. The molecule has 28 heavy (non-hydrogen) atoms. The highest BCUT2D eigenvalue weighted by Gasteiger charge is 2.44. The largest absolute Gasteiger partial charge is 1.00 e. The number of likely N-dealkylation sites (N-methyl/N-ethyl adjacent to an activating group) is 1. The van der Waals surface area contributed by atoms with Gasteiger partial charge >= 0.3 is 0 Å². The highest BCUT2D eigenvalue weighted by Crippen LogP contribution is 2.48. The first-order chi connectivity index (χ1) is 13.0. The van der Waals surface area contributed by atoms with Gasteiger partial charge in [0, 0.05) is 24.0 Å². The zero-order valence-electron chi connectivity index (χ0n) is 16.9. The van der Waals surface area contributed by atoms with Crippen molar-refractivity contribution in [2.24, 2.45) is 0 Å². The summed E-state index contributed by atoms with van der Waals surface area (Å²) in [4.78, 5) is 0. The monoisotopic (exact) mass is 449 g/mol. The summed E-state index contributed by atoms with van der Waals surface area (Å²) in [5, 5.41) is 9.78. The van der Waals surface area contributed by atoms with E-state index in [2.05, 4.69) is 25.2 Å². The molecule has 0 aromatic heterocycles. The summed E-state index contributed by atoms with van der Waals surface area (Å²) in [6.07, 6.45) is 1.96. The van der Waals surface area contributed by atoms with E-state index < -0.39 is 0 Å². The molecule has 4 rings (SSSR count). The lowest BCUT2D eigenvalue weighted by Crippen LogP contribution is -3.00. The molecule has 0 bridgehead atoms. The van der Waals surface area contributed by atoms with Crippen LogP contribution in [0.4, 0.5) is 0 Å². The number of hydrogen-bond acceptors (Lipinski definition) is 4. The molecule has 0 saturated carbocycles. The quantitative estimate of drug-likeness (QED) is 0.667. The molecule has 2 heterocycles. The van der Waals surface area contributed by atoms with Crippen LogP contribution in [0.3, 0.4) is 0 Å². The maximum atomic E-state index is 9.78. The van der Waals surface area contributed by atoms with E-state index in [1.165, 1.54) is 22.3 Å². The van der Waals surface area contributed by atoms with Crippen LogP contribution in [-0.4, -0.2) is 44.5 Å². The van der Waals surface area contributed by atoms with Crippen LogP contribution in [0, 0.1) is 0 Å². The molecule has 2 aliphatic heterocycles. The van der Waals surface area contributed by atoms with Gasteiger partial charge in [0.25, 0.3) is 0 Å². The molecule has 2 aromatic carbocycles. The van der Waals surface area contributed by atoms with Crippen LogP contribution in [0.2, 0.25) is 0 Å². The zero-order chi connectivity index (χ0) is 19.2. The molecule has 0 radical (unpaired) electrons. The molecular formula is C22H28BrNO4. The molecule has 2 aliphatic rings. The number of halogens is 1. The van der Waals surface area contributed by atoms with Gasteiger partial charge in [-0.1, -0.05) is 6.07 Å². The van der Waals surface area contributed by atoms with Crippen LogP contribution in [0.25, 0.3) is 0 Å². The van der Waals surface area contributed by atoms with Gasteiger partial charge in [0.1, 0.15) is 18.3 Å². The van der Waals surface area contributed by atoms with Crippen LogP contribution in [-0.2, 0) is 26.0 Å². The summed E-state index contributed by atoms with van der Waals surface area (Å²) in [6, 6.07) is 8.82. The third kappa shape index (κ3) is 3.17. The van der Waals surface area contributed by atoms with Crippen molar-refractivity contribution in [3.05, 3.63) is 52.1 Å². The van der Waals surface area contributed by atoms with Crippen molar-refractivity contribution in [1.82, 2.24) is 0 Å².